The third-order valence-corrected chi connectivity index (χ3v) is 8.37. The van der Waals surface area contributed by atoms with Gasteiger partial charge in [-0.2, -0.15) is 5.10 Å². The number of anilines is 1. The Morgan fingerprint density at radius 1 is 1.14 bits per heavy atom. The lowest BCUT2D eigenvalue weighted by Gasteiger charge is -2.57. The van der Waals surface area contributed by atoms with Crippen LogP contribution in [0.4, 0.5) is 10.1 Å². The molecule has 4 aliphatic rings. The molecule has 2 bridgehead atoms. The maximum Gasteiger partial charge on any atom is 0.166 e. The number of piperidine rings is 1. The molecule has 2 aliphatic carbocycles. The summed E-state index contributed by atoms with van der Waals surface area (Å²) in [6.45, 7) is 0.618. The van der Waals surface area contributed by atoms with Gasteiger partial charge in [0.05, 0.1) is 15.7 Å². The molecule has 2 aliphatic heterocycles. The maximum atomic E-state index is 15.0. The Kier molecular flexibility index (Phi) is 6.48. The highest BCUT2D eigenvalue weighted by molar-refractivity contribution is 6.39. The van der Waals surface area contributed by atoms with Gasteiger partial charge in [-0.25, -0.2) is 10.2 Å². The van der Waals surface area contributed by atoms with E-state index in [4.69, 9.17) is 39.4 Å². The quantitative estimate of drug-likeness (QED) is 0.148. The van der Waals surface area contributed by atoms with Crippen LogP contribution in [-0.2, 0) is 6.54 Å². The van der Waals surface area contributed by atoms with Gasteiger partial charge in [0.15, 0.2) is 5.84 Å². The molecule has 2 atom stereocenters. The summed E-state index contributed by atoms with van der Waals surface area (Å²) in [5, 5.41) is 12.8. The number of hydrazine groups is 1. The second-order valence-corrected chi connectivity index (χ2v) is 10.8. The highest BCUT2D eigenvalue weighted by atomic mass is 35.5. The van der Waals surface area contributed by atoms with E-state index in [-0.39, 0.29) is 23.7 Å². The first-order valence-electron chi connectivity index (χ1n) is 12.5. The molecule has 2 unspecified atom stereocenters. The summed E-state index contributed by atoms with van der Waals surface area (Å²) in [7, 11) is 0. The second kappa shape index (κ2) is 9.79. The molecule has 3 heterocycles. The maximum absolute atomic E-state index is 15.0. The molecule has 2 saturated heterocycles. The summed E-state index contributed by atoms with van der Waals surface area (Å²) in [5.74, 6) is 12.0. The SMILES string of the molecule is N/N=C(\NN)c1ccc(N2C3CC(NCc4c(-c5c(Cl)cccc5Cl)noc4C4CC4)CC2C3)c(F)c1. The first-order valence-corrected chi connectivity index (χ1v) is 13.2. The van der Waals surface area contributed by atoms with E-state index < -0.39 is 0 Å². The minimum atomic E-state index is -0.310. The Bertz CT molecular complexity index is 1330. The first kappa shape index (κ1) is 24.5. The minimum absolute atomic E-state index is 0.232. The molecule has 0 spiro atoms. The summed E-state index contributed by atoms with van der Waals surface area (Å²) in [6.07, 6.45) is 5.10. The number of hydrogen-bond acceptors (Lipinski definition) is 7. The summed E-state index contributed by atoms with van der Waals surface area (Å²) in [5.41, 5.74) is 5.94. The molecular formula is C26H28Cl2FN7O. The summed E-state index contributed by atoms with van der Waals surface area (Å²) < 4.78 is 20.8. The van der Waals surface area contributed by atoms with Crippen LogP contribution in [0.1, 0.15) is 54.9 Å². The van der Waals surface area contributed by atoms with Crippen LogP contribution in [0.3, 0.4) is 0 Å². The number of nitrogens with one attached hydrogen (secondary N) is 2. The molecule has 3 aromatic rings. The molecule has 1 aromatic heterocycles. The summed E-state index contributed by atoms with van der Waals surface area (Å²) in [6, 6.07) is 11.3. The number of benzene rings is 2. The van der Waals surface area contributed by atoms with Crippen molar-refractivity contribution in [2.45, 2.75) is 62.7 Å². The van der Waals surface area contributed by atoms with Crippen LogP contribution in [0, 0.1) is 5.82 Å². The van der Waals surface area contributed by atoms with Gasteiger partial charge in [-0.15, -0.1) is 0 Å². The molecule has 6 N–H and O–H groups in total. The van der Waals surface area contributed by atoms with Crippen molar-refractivity contribution in [3.05, 3.63) is 69.1 Å². The van der Waals surface area contributed by atoms with Crippen LogP contribution in [0.2, 0.25) is 10.0 Å². The second-order valence-electron chi connectivity index (χ2n) is 10.0. The molecule has 0 amide bonds. The number of hydrazone groups is 1. The van der Waals surface area contributed by atoms with Gasteiger partial charge in [0.1, 0.15) is 17.3 Å². The lowest BCUT2D eigenvalue weighted by Crippen LogP contribution is -2.64. The lowest BCUT2D eigenvalue weighted by atomic mass is 9.76. The Morgan fingerprint density at radius 3 is 2.49 bits per heavy atom. The van der Waals surface area contributed by atoms with Gasteiger partial charge >= 0.3 is 0 Å². The van der Waals surface area contributed by atoms with Crippen molar-refractivity contribution in [1.29, 1.82) is 0 Å². The Hall–Kier alpha value is -2.85. The number of aromatic nitrogens is 1. The number of amidine groups is 1. The van der Waals surface area contributed by atoms with E-state index in [1.807, 2.05) is 18.2 Å². The third-order valence-electron chi connectivity index (χ3n) is 7.74. The van der Waals surface area contributed by atoms with Crippen LogP contribution in [0.15, 0.2) is 46.0 Å². The number of hydrogen-bond donors (Lipinski definition) is 4. The van der Waals surface area contributed by atoms with Crippen molar-refractivity contribution in [2.75, 3.05) is 4.90 Å². The highest BCUT2D eigenvalue weighted by Crippen LogP contribution is 2.47. The van der Waals surface area contributed by atoms with E-state index in [2.05, 4.69) is 25.9 Å². The van der Waals surface area contributed by atoms with E-state index >= 15 is 4.39 Å². The summed E-state index contributed by atoms with van der Waals surface area (Å²) >= 11 is 13.0. The fraction of sp³-hybridized carbons (Fsp3) is 0.385. The molecule has 7 rings (SSSR count). The number of halogens is 3. The van der Waals surface area contributed by atoms with E-state index in [9.17, 15) is 0 Å². The van der Waals surface area contributed by atoms with Gasteiger partial charge in [0.2, 0.25) is 0 Å². The van der Waals surface area contributed by atoms with Gasteiger partial charge in [-0.05, 0) is 62.4 Å². The monoisotopic (exact) mass is 543 g/mol. The molecule has 2 aromatic carbocycles. The van der Waals surface area contributed by atoms with E-state index in [0.717, 1.165) is 43.4 Å². The van der Waals surface area contributed by atoms with Crippen LogP contribution >= 0.6 is 23.2 Å². The van der Waals surface area contributed by atoms with Crippen LogP contribution in [0.5, 0.6) is 0 Å². The van der Waals surface area contributed by atoms with E-state index in [1.165, 1.54) is 6.07 Å². The lowest BCUT2D eigenvalue weighted by molar-refractivity contribution is 0.194. The van der Waals surface area contributed by atoms with Gasteiger partial charge in [0, 0.05) is 47.3 Å². The van der Waals surface area contributed by atoms with Gasteiger partial charge < -0.3 is 26.0 Å². The first-order chi connectivity index (χ1) is 18.0. The van der Waals surface area contributed by atoms with Gasteiger partial charge in [-0.1, -0.05) is 34.4 Å². The van der Waals surface area contributed by atoms with Crippen molar-refractivity contribution in [3.63, 3.8) is 0 Å². The standard InChI is InChI=1S/C26H28Cl2FN7O/c27-19-2-1-3-20(28)23(19)24-18(25(37-35-24)13-4-5-13)12-32-15-9-16-11-17(10-15)36(16)22-7-6-14(8-21(22)29)26(33-30)34-31/h1-3,6-8,13,15-17,32H,4-5,9-12,30-31H2,(H,33,34). The molecular weight excluding hydrogens is 516 g/mol. The molecule has 4 fully saturated rings. The largest absolute Gasteiger partial charge is 0.363 e. The molecule has 8 nitrogen and oxygen atoms in total. The van der Waals surface area contributed by atoms with E-state index in [1.54, 1.807) is 12.1 Å². The van der Waals surface area contributed by atoms with Crippen molar-refractivity contribution in [1.82, 2.24) is 15.9 Å². The molecule has 2 saturated carbocycles. The third kappa shape index (κ3) is 4.44. The van der Waals surface area contributed by atoms with Gasteiger partial charge in [0.25, 0.3) is 0 Å². The molecule has 0 radical (unpaired) electrons. The molecule has 37 heavy (non-hydrogen) atoms. The fourth-order valence-corrected chi connectivity index (χ4v) is 6.40. The predicted octanol–water partition coefficient (Wildman–Crippen LogP) is 4.65. The van der Waals surface area contributed by atoms with Crippen molar-refractivity contribution in [2.24, 2.45) is 16.8 Å². The Balaban J connectivity index is 1.16. The number of rotatable bonds is 7. The molecule has 11 heteroatoms. The number of fused-ring (bicyclic) bond motifs is 2. The number of nitrogens with zero attached hydrogens (tertiary/aromatic N) is 3. The predicted molar refractivity (Wildman–Crippen MR) is 143 cm³/mol. The molecule has 194 valence electrons. The smallest absolute Gasteiger partial charge is 0.166 e. The van der Waals surface area contributed by atoms with E-state index in [0.29, 0.717) is 51.1 Å². The topological polar surface area (TPSA) is 118 Å². The average molecular weight is 544 g/mol. The minimum Gasteiger partial charge on any atom is -0.363 e. The van der Waals surface area contributed by atoms with Crippen LogP contribution in [0.25, 0.3) is 11.3 Å². The van der Waals surface area contributed by atoms with Crippen LogP contribution in [-0.4, -0.2) is 29.1 Å². The van der Waals surface area contributed by atoms with Crippen molar-refractivity contribution in [3.8, 4) is 11.3 Å². The average Bonchev–Trinajstić information content (AvgIpc) is 3.65. The summed E-state index contributed by atoms with van der Waals surface area (Å²) in [4.78, 5) is 2.19. The highest BCUT2D eigenvalue weighted by Gasteiger charge is 2.46. The van der Waals surface area contributed by atoms with Crippen molar-refractivity contribution >= 4 is 34.7 Å². The fourth-order valence-electron chi connectivity index (χ4n) is 5.82. The van der Waals surface area contributed by atoms with Gasteiger partial charge in [-0.3, -0.25) is 0 Å². The normalized spacial score (nSPS) is 23.2. The Labute approximate surface area is 224 Å². The zero-order chi connectivity index (χ0) is 25.7. The van der Waals surface area contributed by atoms with Crippen molar-refractivity contribution < 1.29 is 8.91 Å². The number of nitrogens with two attached hydrogens (primary N) is 2. The zero-order valence-corrected chi connectivity index (χ0v) is 21.6. The van der Waals surface area contributed by atoms with Crippen LogP contribution < -0.4 is 27.3 Å². The zero-order valence-electron chi connectivity index (χ0n) is 20.1. The Morgan fingerprint density at radius 2 is 1.86 bits per heavy atom.